The number of Topliss-reactive ketones (excluding diaryl/α,β-unsaturated/α-hetero) is 1. The average molecular weight is 523 g/mol. The van der Waals surface area contributed by atoms with E-state index in [1.165, 1.54) is 0 Å². The van der Waals surface area contributed by atoms with Gasteiger partial charge >= 0.3 is 5.97 Å². The van der Waals surface area contributed by atoms with Crippen LogP contribution < -0.4 is 15.0 Å². The van der Waals surface area contributed by atoms with Gasteiger partial charge in [-0.2, -0.15) is 0 Å². The number of amidine groups is 1. The quantitative estimate of drug-likeness (QED) is 0.380. The standard InChI is InChI=1S/C29H38N4O5/c1-7-38-25-14-19-16-33(27(30)20(19)15-21(25)28(37)31-5)17-24(34)18-10-11-23(22(13-18)29(2,3)4)32(6)12-8-9-26(35)36/h10-11,13-15,30H,7-9,12,16-17H2,1-6H3,(H,31,37)(H,35,36). The van der Waals surface area contributed by atoms with Crippen LogP contribution >= 0.6 is 0 Å². The van der Waals surface area contributed by atoms with E-state index in [1.54, 1.807) is 30.1 Å². The third-order valence-corrected chi connectivity index (χ3v) is 6.67. The first-order valence-electron chi connectivity index (χ1n) is 12.8. The van der Waals surface area contributed by atoms with Crippen LogP contribution in [0.4, 0.5) is 5.69 Å². The number of nitrogens with one attached hydrogen (secondary N) is 2. The number of aliphatic carboxylic acids is 1. The molecule has 2 aromatic carbocycles. The summed E-state index contributed by atoms with van der Waals surface area (Å²) in [5.41, 5.74) is 4.10. The van der Waals surface area contributed by atoms with Crippen molar-refractivity contribution in [3.63, 3.8) is 0 Å². The van der Waals surface area contributed by atoms with Crippen molar-refractivity contribution in [3.05, 3.63) is 58.1 Å². The Balaban J connectivity index is 1.83. The molecule has 3 N–H and O–H groups in total. The van der Waals surface area contributed by atoms with Crippen molar-refractivity contribution in [2.45, 2.75) is 52.5 Å². The van der Waals surface area contributed by atoms with E-state index in [4.69, 9.17) is 15.3 Å². The van der Waals surface area contributed by atoms with Gasteiger partial charge in [0.25, 0.3) is 5.91 Å². The molecule has 9 heteroatoms. The number of benzene rings is 2. The van der Waals surface area contributed by atoms with E-state index >= 15 is 0 Å². The van der Waals surface area contributed by atoms with E-state index in [0.717, 1.165) is 16.8 Å². The van der Waals surface area contributed by atoms with Crippen LogP contribution in [0.1, 0.15) is 77.9 Å². The third-order valence-electron chi connectivity index (χ3n) is 6.67. The molecule has 1 aliphatic rings. The first-order chi connectivity index (χ1) is 17.9. The zero-order valence-corrected chi connectivity index (χ0v) is 23.1. The minimum absolute atomic E-state index is 0.0319. The van der Waals surface area contributed by atoms with Gasteiger partial charge in [0.15, 0.2) is 5.78 Å². The fourth-order valence-corrected chi connectivity index (χ4v) is 4.65. The predicted molar refractivity (Wildman–Crippen MR) is 148 cm³/mol. The number of carboxylic acids is 1. The minimum atomic E-state index is -0.816. The molecule has 38 heavy (non-hydrogen) atoms. The van der Waals surface area contributed by atoms with Crippen molar-refractivity contribution in [1.29, 1.82) is 5.41 Å². The summed E-state index contributed by atoms with van der Waals surface area (Å²) in [4.78, 5) is 40.4. The summed E-state index contributed by atoms with van der Waals surface area (Å²) in [6, 6.07) is 9.08. The number of rotatable bonds is 11. The number of nitrogens with zero attached hydrogens (tertiary/aromatic N) is 2. The van der Waals surface area contributed by atoms with Gasteiger partial charge < -0.3 is 25.0 Å². The van der Waals surface area contributed by atoms with Gasteiger partial charge in [-0.25, -0.2) is 0 Å². The Bertz CT molecular complexity index is 1250. The minimum Gasteiger partial charge on any atom is -0.493 e. The van der Waals surface area contributed by atoms with Crippen LogP contribution in [0.25, 0.3) is 0 Å². The number of carbonyl (C=O) groups is 3. The van der Waals surface area contributed by atoms with Crippen LogP contribution in [0.3, 0.4) is 0 Å². The summed E-state index contributed by atoms with van der Waals surface area (Å²) in [5.74, 6) is -0.549. The summed E-state index contributed by atoms with van der Waals surface area (Å²) < 4.78 is 5.67. The second-order valence-electron chi connectivity index (χ2n) is 10.5. The topological polar surface area (TPSA) is 123 Å². The van der Waals surface area contributed by atoms with Gasteiger partial charge in [0.2, 0.25) is 0 Å². The molecule has 0 radical (unpaired) electrons. The van der Waals surface area contributed by atoms with E-state index < -0.39 is 5.97 Å². The SMILES string of the molecule is CCOc1cc2c(cc1C(=O)NC)C(=N)N(CC(=O)c1ccc(N(C)CCCC(=O)O)c(C(C)(C)C)c1)C2. The molecule has 0 atom stereocenters. The molecule has 3 rings (SSSR count). The molecular formula is C29H38N4O5. The van der Waals surface area contributed by atoms with Crippen LogP contribution in [-0.4, -0.2) is 67.3 Å². The summed E-state index contributed by atoms with van der Waals surface area (Å²) in [7, 11) is 3.48. The van der Waals surface area contributed by atoms with Crippen LogP contribution in [0, 0.1) is 5.41 Å². The first-order valence-corrected chi connectivity index (χ1v) is 12.8. The molecule has 0 aliphatic carbocycles. The monoisotopic (exact) mass is 522 g/mol. The number of carboxylic acid groups (broad SMARTS) is 1. The maximum absolute atomic E-state index is 13.4. The highest BCUT2D eigenvalue weighted by Gasteiger charge is 2.30. The molecule has 0 saturated heterocycles. The highest BCUT2D eigenvalue weighted by molar-refractivity contribution is 6.07. The van der Waals surface area contributed by atoms with Gasteiger partial charge in [-0.1, -0.05) is 20.8 Å². The molecule has 0 bridgehead atoms. The fourth-order valence-electron chi connectivity index (χ4n) is 4.65. The summed E-state index contributed by atoms with van der Waals surface area (Å²) in [6.45, 7) is 9.50. The Hall–Kier alpha value is -3.88. The number of carbonyl (C=O) groups excluding carboxylic acids is 2. The lowest BCUT2D eigenvalue weighted by molar-refractivity contribution is -0.137. The molecule has 0 aromatic heterocycles. The van der Waals surface area contributed by atoms with E-state index in [2.05, 4.69) is 26.1 Å². The van der Waals surface area contributed by atoms with Gasteiger partial charge in [-0.3, -0.25) is 19.8 Å². The van der Waals surface area contributed by atoms with E-state index in [-0.39, 0.29) is 35.9 Å². The molecule has 204 valence electrons. The van der Waals surface area contributed by atoms with E-state index in [9.17, 15) is 14.4 Å². The first kappa shape index (κ1) is 28.7. The number of hydrogen-bond acceptors (Lipinski definition) is 6. The lowest BCUT2D eigenvalue weighted by atomic mass is 9.84. The summed E-state index contributed by atoms with van der Waals surface area (Å²) in [6.07, 6.45) is 0.632. The smallest absolute Gasteiger partial charge is 0.303 e. The number of amides is 1. The van der Waals surface area contributed by atoms with Crippen LogP contribution in [-0.2, 0) is 16.8 Å². The molecular weight excluding hydrogens is 484 g/mol. The molecule has 1 aliphatic heterocycles. The number of fused-ring (bicyclic) bond motifs is 1. The molecule has 0 saturated carbocycles. The Morgan fingerprint density at radius 1 is 1.18 bits per heavy atom. The van der Waals surface area contributed by atoms with Gasteiger partial charge in [-0.15, -0.1) is 0 Å². The van der Waals surface area contributed by atoms with Crippen molar-refractivity contribution >= 4 is 29.2 Å². The maximum atomic E-state index is 13.4. The molecule has 2 aromatic rings. The van der Waals surface area contributed by atoms with Crippen molar-refractivity contribution in [1.82, 2.24) is 10.2 Å². The molecule has 1 amide bonds. The van der Waals surface area contributed by atoms with E-state index in [0.29, 0.717) is 48.6 Å². The van der Waals surface area contributed by atoms with Crippen molar-refractivity contribution in [3.8, 4) is 5.75 Å². The highest BCUT2D eigenvalue weighted by Crippen LogP contribution is 2.34. The van der Waals surface area contributed by atoms with Gasteiger partial charge in [0, 0.05) is 50.4 Å². The second kappa shape index (κ2) is 11.7. The number of hydrogen-bond donors (Lipinski definition) is 3. The molecule has 1 heterocycles. The lowest BCUT2D eigenvalue weighted by Crippen LogP contribution is -2.31. The zero-order valence-electron chi connectivity index (χ0n) is 23.1. The lowest BCUT2D eigenvalue weighted by Gasteiger charge is -2.29. The van der Waals surface area contributed by atoms with Crippen LogP contribution in [0.15, 0.2) is 30.3 Å². The van der Waals surface area contributed by atoms with Gasteiger partial charge in [-0.05, 0) is 60.2 Å². The summed E-state index contributed by atoms with van der Waals surface area (Å²) in [5, 5.41) is 20.3. The number of ether oxygens (including phenoxy) is 1. The second-order valence-corrected chi connectivity index (χ2v) is 10.5. The number of ketones is 1. The van der Waals surface area contributed by atoms with Gasteiger partial charge in [0.1, 0.15) is 11.6 Å². The van der Waals surface area contributed by atoms with Crippen molar-refractivity contribution < 1.29 is 24.2 Å². The predicted octanol–water partition coefficient (Wildman–Crippen LogP) is 4.07. The Morgan fingerprint density at radius 3 is 2.50 bits per heavy atom. The largest absolute Gasteiger partial charge is 0.493 e. The molecule has 0 fully saturated rings. The highest BCUT2D eigenvalue weighted by atomic mass is 16.5. The van der Waals surface area contributed by atoms with Gasteiger partial charge in [0.05, 0.1) is 18.7 Å². The molecule has 0 spiro atoms. The van der Waals surface area contributed by atoms with Crippen LogP contribution in [0.2, 0.25) is 0 Å². The Morgan fingerprint density at radius 2 is 1.89 bits per heavy atom. The normalized spacial score (nSPS) is 12.8. The Labute approximate surface area is 224 Å². The van der Waals surface area contributed by atoms with Crippen molar-refractivity contribution in [2.75, 3.05) is 38.7 Å². The fraction of sp³-hybridized carbons (Fsp3) is 0.448. The third kappa shape index (κ3) is 6.33. The zero-order chi connectivity index (χ0) is 28.2. The van der Waals surface area contributed by atoms with Crippen LogP contribution in [0.5, 0.6) is 5.75 Å². The Kier molecular flexibility index (Phi) is 8.81. The average Bonchev–Trinajstić information content (AvgIpc) is 3.15. The van der Waals surface area contributed by atoms with E-state index in [1.807, 2.05) is 31.0 Å². The van der Waals surface area contributed by atoms with Crippen molar-refractivity contribution in [2.24, 2.45) is 0 Å². The maximum Gasteiger partial charge on any atom is 0.303 e. The number of anilines is 1. The molecule has 9 nitrogen and oxygen atoms in total. The molecule has 0 unspecified atom stereocenters. The summed E-state index contributed by atoms with van der Waals surface area (Å²) >= 11 is 0.